The number of hydrogen-bond donors (Lipinski definition) is 3. The Morgan fingerprint density at radius 2 is 2.24 bits per heavy atom. The maximum absolute atomic E-state index is 11.6. The standard InChI is InChI=1S/C10H15N3O4/c1-2-5-7(14)8(15)9(17-5)13-4-3-6(11)12-10(13)16/h3-5,7-9,14-15H,2H2,1H3,(H2,11,12,16)/t5-,7?,8-,9-/m1/s1. The Bertz CT molecular complexity index is 461. The van der Waals surface area contributed by atoms with Gasteiger partial charge in [-0.1, -0.05) is 6.92 Å². The Hall–Kier alpha value is -1.44. The molecule has 17 heavy (non-hydrogen) atoms. The molecule has 1 unspecified atom stereocenters. The lowest BCUT2D eigenvalue weighted by Gasteiger charge is -2.16. The fourth-order valence-corrected chi connectivity index (χ4v) is 1.92. The summed E-state index contributed by atoms with van der Waals surface area (Å²) in [5.74, 6) is 0.103. The molecule has 1 saturated heterocycles. The number of aromatic nitrogens is 2. The van der Waals surface area contributed by atoms with Crippen molar-refractivity contribution in [3.05, 3.63) is 22.7 Å². The zero-order valence-corrected chi connectivity index (χ0v) is 9.35. The fourth-order valence-electron chi connectivity index (χ4n) is 1.92. The molecule has 0 radical (unpaired) electrons. The van der Waals surface area contributed by atoms with Crippen LogP contribution in [0.2, 0.25) is 0 Å². The maximum Gasteiger partial charge on any atom is 0.351 e. The highest BCUT2D eigenvalue weighted by Gasteiger charge is 2.43. The summed E-state index contributed by atoms with van der Waals surface area (Å²) in [6.07, 6.45) is -1.62. The molecule has 0 amide bonds. The van der Waals surface area contributed by atoms with Gasteiger partial charge in [0.1, 0.15) is 18.0 Å². The molecule has 0 aliphatic carbocycles. The summed E-state index contributed by atoms with van der Waals surface area (Å²) < 4.78 is 6.55. The van der Waals surface area contributed by atoms with Crippen molar-refractivity contribution in [3.63, 3.8) is 0 Å². The molecule has 1 fully saturated rings. The Morgan fingerprint density at radius 1 is 1.53 bits per heavy atom. The molecule has 1 aromatic rings. The SMILES string of the molecule is CC[C@H]1O[C@@H](n2ccc(N)nc2=O)[C@H](O)C1O. The molecule has 2 heterocycles. The van der Waals surface area contributed by atoms with Crippen LogP contribution in [-0.2, 0) is 4.74 Å². The number of hydrogen-bond acceptors (Lipinski definition) is 6. The molecule has 4 N–H and O–H groups in total. The molecule has 1 aromatic heterocycles. The lowest BCUT2D eigenvalue weighted by Crippen LogP contribution is -2.35. The molecule has 0 bridgehead atoms. The fraction of sp³-hybridized carbons (Fsp3) is 0.600. The number of aliphatic hydroxyl groups is 2. The van der Waals surface area contributed by atoms with Crippen molar-refractivity contribution < 1.29 is 14.9 Å². The van der Waals surface area contributed by atoms with Crippen LogP contribution in [0, 0.1) is 0 Å². The zero-order valence-electron chi connectivity index (χ0n) is 9.35. The van der Waals surface area contributed by atoms with Gasteiger partial charge in [-0.3, -0.25) is 4.57 Å². The van der Waals surface area contributed by atoms with Gasteiger partial charge >= 0.3 is 5.69 Å². The molecule has 0 aromatic carbocycles. The lowest BCUT2D eigenvalue weighted by atomic mass is 10.1. The molecular weight excluding hydrogens is 226 g/mol. The molecule has 4 atom stereocenters. The van der Waals surface area contributed by atoms with E-state index < -0.39 is 30.2 Å². The quantitative estimate of drug-likeness (QED) is 0.603. The third-order valence-electron chi connectivity index (χ3n) is 2.87. The van der Waals surface area contributed by atoms with Gasteiger partial charge in [0.05, 0.1) is 6.10 Å². The van der Waals surface area contributed by atoms with E-state index in [4.69, 9.17) is 10.5 Å². The van der Waals surface area contributed by atoms with Gasteiger partial charge in [-0.2, -0.15) is 4.98 Å². The van der Waals surface area contributed by atoms with Crippen molar-refractivity contribution in [2.75, 3.05) is 5.73 Å². The summed E-state index contributed by atoms with van der Waals surface area (Å²) in [6.45, 7) is 1.83. The minimum absolute atomic E-state index is 0.103. The van der Waals surface area contributed by atoms with Crippen LogP contribution in [0.5, 0.6) is 0 Å². The summed E-state index contributed by atoms with van der Waals surface area (Å²) in [4.78, 5) is 15.1. The Kier molecular flexibility index (Phi) is 3.14. The highest BCUT2D eigenvalue weighted by atomic mass is 16.6. The number of nitrogens with two attached hydrogens (primary N) is 1. The van der Waals surface area contributed by atoms with E-state index in [1.165, 1.54) is 12.3 Å². The molecule has 94 valence electrons. The second kappa shape index (κ2) is 4.44. The predicted molar refractivity (Wildman–Crippen MR) is 59.1 cm³/mol. The Balaban J connectivity index is 2.32. The van der Waals surface area contributed by atoms with E-state index in [1.54, 1.807) is 0 Å². The van der Waals surface area contributed by atoms with Crippen molar-refractivity contribution in [2.24, 2.45) is 0 Å². The summed E-state index contributed by atoms with van der Waals surface area (Å²) in [5.41, 5.74) is 4.75. The van der Waals surface area contributed by atoms with E-state index in [2.05, 4.69) is 4.98 Å². The average molecular weight is 241 g/mol. The van der Waals surface area contributed by atoms with Crippen LogP contribution < -0.4 is 11.4 Å². The van der Waals surface area contributed by atoms with Crippen molar-refractivity contribution in [2.45, 2.75) is 37.9 Å². The van der Waals surface area contributed by atoms with E-state index in [9.17, 15) is 15.0 Å². The van der Waals surface area contributed by atoms with Crippen LogP contribution in [-0.4, -0.2) is 38.1 Å². The first-order valence-corrected chi connectivity index (χ1v) is 5.41. The number of nitrogen functional groups attached to an aromatic ring is 1. The van der Waals surface area contributed by atoms with Gasteiger partial charge in [-0.15, -0.1) is 0 Å². The number of aliphatic hydroxyl groups excluding tert-OH is 2. The molecular formula is C10H15N3O4. The minimum atomic E-state index is -1.15. The summed E-state index contributed by atoms with van der Waals surface area (Å²) in [5, 5.41) is 19.5. The molecule has 7 nitrogen and oxygen atoms in total. The number of rotatable bonds is 2. The first kappa shape index (κ1) is 12.0. The zero-order chi connectivity index (χ0) is 12.6. The van der Waals surface area contributed by atoms with Gasteiger partial charge in [0.25, 0.3) is 0 Å². The molecule has 1 aliphatic rings. The smallest absolute Gasteiger partial charge is 0.351 e. The van der Waals surface area contributed by atoms with E-state index >= 15 is 0 Å². The first-order valence-electron chi connectivity index (χ1n) is 5.41. The summed E-state index contributed by atoms with van der Waals surface area (Å²) >= 11 is 0. The molecule has 1 aliphatic heterocycles. The Labute approximate surface area is 97.5 Å². The highest BCUT2D eigenvalue weighted by Crippen LogP contribution is 2.29. The molecule has 7 heteroatoms. The summed E-state index contributed by atoms with van der Waals surface area (Å²) in [6, 6.07) is 1.43. The van der Waals surface area contributed by atoms with Gasteiger partial charge in [0, 0.05) is 6.20 Å². The van der Waals surface area contributed by atoms with Crippen molar-refractivity contribution in [1.29, 1.82) is 0 Å². The normalized spacial score (nSPS) is 32.9. The number of anilines is 1. The number of ether oxygens (including phenoxy) is 1. The van der Waals surface area contributed by atoms with Gasteiger partial charge in [-0.05, 0) is 12.5 Å². The van der Waals surface area contributed by atoms with Gasteiger partial charge in [-0.25, -0.2) is 4.79 Å². The monoisotopic (exact) mass is 241 g/mol. The highest BCUT2D eigenvalue weighted by molar-refractivity contribution is 5.23. The number of nitrogens with zero attached hydrogens (tertiary/aromatic N) is 2. The van der Waals surface area contributed by atoms with Gasteiger partial charge in [0.2, 0.25) is 0 Å². The predicted octanol–water partition coefficient (Wildman–Crippen LogP) is -1.15. The van der Waals surface area contributed by atoms with Crippen molar-refractivity contribution >= 4 is 5.82 Å². The van der Waals surface area contributed by atoms with Crippen molar-refractivity contribution in [3.8, 4) is 0 Å². The van der Waals surface area contributed by atoms with Crippen molar-refractivity contribution in [1.82, 2.24) is 9.55 Å². The van der Waals surface area contributed by atoms with E-state index in [0.29, 0.717) is 6.42 Å². The largest absolute Gasteiger partial charge is 0.388 e. The molecule has 0 spiro atoms. The van der Waals surface area contributed by atoms with Crippen LogP contribution in [0.1, 0.15) is 19.6 Å². The van der Waals surface area contributed by atoms with Crippen LogP contribution >= 0.6 is 0 Å². The van der Waals surface area contributed by atoms with Gasteiger partial charge in [0.15, 0.2) is 6.23 Å². The van der Waals surface area contributed by atoms with Crippen LogP contribution in [0.25, 0.3) is 0 Å². The minimum Gasteiger partial charge on any atom is -0.388 e. The van der Waals surface area contributed by atoms with E-state index in [-0.39, 0.29) is 5.82 Å². The third kappa shape index (κ3) is 2.04. The first-order chi connectivity index (χ1) is 8.04. The van der Waals surface area contributed by atoms with E-state index in [0.717, 1.165) is 4.57 Å². The van der Waals surface area contributed by atoms with Crippen LogP contribution in [0.4, 0.5) is 5.82 Å². The van der Waals surface area contributed by atoms with Crippen LogP contribution in [0.15, 0.2) is 17.1 Å². The van der Waals surface area contributed by atoms with E-state index in [1.807, 2.05) is 6.92 Å². The van der Waals surface area contributed by atoms with Gasteiger partial charge < -0.3 is 20.7 Å². The third-order valence-corrected chi connectivity index (χ3v) is 2.87. The second-order valence-corrected chi connectivity index (χ2v) is 4.00. The van der Waals surface area contributed by atoms with Crippen LogP contribution in [0.3, 0.4) is 0 Å². The Morgan fingerprint density at radius 3 is 2.76 bits per heavy atom. The maximum atomic E-state index is 11.6. The summed E-state index contributed by atoms with van der Waals surface area (Å²) in [7, 11) is 0. The molecule has 2 rings (SSSR count). The molecule has 0 saturated carbocycles. The second-order valence-electron chi connectivity index (χ2n) is 4.00. The topological polar surface area (TPSA) is 111 Å². The average Bonchev–Trinajstić information content (AvgIpc) is 2.57. The lowest BCUT2D eigenvalue weighted by molar-refractivity contribution is -0.0403.